The van der Waals surface area contributed by atoms with Gasteiger partial charge in [-0.1, -0.05) is 29.5 Å². The molecule has 0 radical (unpaired) electrons. The van der Waals surface area contributed by atoms with E-state index in [0.29, 0.717) is 4.88 Å². The average Bonchev–Trinajstić information content (AvgIpc) is 3.04. The Morgan fingerprint density at radius 1 is 1.24 bits per heavy atom. The lowest BCUT2D eigenvalue weighted by atomic mass is 10.3. The van der Waals surface area contributed by atoms with E-state index >= 15 is 0 Å². The predicted molar refractivity (Wildman–Crippen MR) is 86.6 cm³/mol. The third kappa shape index (κ3) is 3.21. The number of amides is 1. The van der Waals surface area contributed by atoms with Crippen molar-refractivity contribution in [2.75, 3.05) is 18.5 Å². The number of carbonyl (C=O) groups is 1. The van der Waals surface area contributed by atoms with Gasteiger partial charge in [-0.2, -0.15) is 0 Å². The van der Waals surface area contributed by atoms with Crippen molar-refractivity contribution in [2.45, 2.75) is 0 Å². The summed E-state index contributed by atoms with van der Waals surface area (Å²) in [6.07, 6.45) is 0. The molecule has 1 amide bonds. The molecule has 5 nitrogen and oxygen atoms in total. The number of aliphatic hydroxyl groups excluding tert-OH is 1. The zero-order valence-electron chi connectivity index (χ0n) is 11.0. The SMILES string of the molecule is O=C(NCCO)c1cc2sc(Nc3ccccc3)nc2s1. The number of thiophene rings is 1. The number of thiazole rings is 1. The minimum Gasteiger partial charge on any atom is -0.395 e. The number of benzene rings is 1. The van der Waals surface area contributed by atoms with Crippen LogP contribution in [0.15, 0.2) is 36.4 Å². The Kier molecular flexibility index (Phi) is 4.14. The molecule has 21 heavy (non-hydrogen) atoms. The monoisotopic (exact) mass is 319 g/mol. The fourth-order valence-electron chi connectivity index (χ4n) is 1.80. The largest absolute Gasteiger partial charge is 0.395 e. The number of anilines is 2. The summed E-state index contributed by atoms with van der Waals surface area (Å²) < 4.78 is 0.979. The highest BCUT2D eigenvalue weighted by Gasteiger charge is 2.13. The standard InChI is InChI=1S/C14H13N3O2S2/c18-7-6-15-12(19)10-8-11-13(20-10)17-14(21-11)16-9-4-2-1-3-5-9/h1-5,8,18H,6-7H2,(H,15,19)(H,16,17). The Balaban J connectivity index is 1.76. The molecule has 0 atom stereocenters. The van der Waals surface area contributed by atoms with Crippen molar-refractivity contribution in [1.82, 2.24) is 10.3 Å². The number of fused-ring (bicyclic) bond motifs is 1. The highest BCUT2D eigenvalue weighted by molar-refractivity contribution is 7.29. The van der Waals surface area contributed by atoms with Gasteiger partial charge in [0.2, 0.25) is 0 Å². The third-order valence-electron chi connectivity index (χ3n) is 2.74. The zero-order valence-corrected chi connectivity index (χ0v) is 12.6. The highest BCUT2D eigenvalue weighted by atomic mass is 32.1. The van der Waals surface area contributed by atoms with Crippen molar-refractivity contribution in [3.8, 4) is 0 Å². The highest BCUT2D eigenvalue weighted by Crippen LogP contribution is 2.34. The fourth-order valence-corrected chi connectivity index (χ4v) is 3.85. The molecule has 0 aliphatic rings. The average molecular weight is 319 g/mol. The molecule has 0 unspecified atom stereocenters. The molecular weight excluding hydrogens is 306 g/mol. The summed E-state index contributed by atoms with van der Waals surface area (Å²) in [5, 5.41) is 15.4. The van der Waals surface area contributed by atoms with Crippen LogP contribution >= 0.6 is 22.7 Å². The molecule has 0 saturated heterocycles. The van der Waals surface area contributed by atoms with Crippen LogP contribution in [0.2, 0.25) is 0 Å². The van der Waals surface area contributed by atoms with Crippen molar-refractivity contribution >= 4 is 48.9 Å². The maximum Gasteiger partial charge on any atom is 0.261 e. The minimum absolute atomic E-state index is 0.0606. The van der Waals surface area contributed by atoms with E-state index in [4.69, 9.17) is 5.11 Å². The van der Waals surface area contributed by atoms with Gasteiger partial charge in [-0.05, 0) is 18.2 Å². The van der Waals surface area contributed by atoms with E-state index in [1.165, 1.54) is 22.7 Å². The van der Waals surface area contributed by atoms with Crippen molar-refractivity contribution < 1.29 is 9.90 Å². The van der Waals surface area contributed by atoms with Gasteiger partial charge in [-0.3, -0.25) is 4.79 Å². The Morgan fingerprint density at radius 2 is 2.05 bits per heavy atom. The molecular formula is C14H13N3O2S2. The number of rotatable bonds is 5. The van der Waals surface area contributed by atoms with Crippen LogP contribution in [0.25, 0.3) is 9.53 Å². The van der Waals surface area contributed by atoms with E-state index in [2.05, 4.69) is 15.6 Å². The second kappa shape index (κ2) is 6.21. The summed E-state index contributed by atoms with van der Waals surface area (Å²) in [6.45, 7) is 0.202. The van der Waals surface area contributed by atoms with Gasteiger partial charge in [0.25, 0.3) is 5.91 Å². The summed E-state index contributed by atoms with van der Waals surface area (Å²) in [7, 11) is 0. The van der Waals surface area contributed by atoms with Crippen LogP contribution in [0.5, 0.6) is 0 Å². The van der Waals surface area contributed by atoms with Gasteiger partial charge in [-0.15, -0.1) is 11.3 Å². The maximum absolute atomic E-state index is 11.8. The number of nitrogens with one attached hydrogen (secondary N) is 2. The Morgan fingerprint density at radius 3 is 2.76 bits per heavy atom. The molecule has 2 aromatic heterocycles. The molecule has 3 N–H and O–H groups in total. The van der Waals surface area contributed by atoms with E-state index in [1.807, 2.05) is 36.4 Å². The van der Waals surface area contributed by atoms with Crippen molar-refractivity contribution in [3.05, 3.63) is 41.3 Å². The predicted octanol–water partition coefficient (Wildman–Crippen LogP) is 2.82. The minimum atomic E-state index is -0.170. The van der Waals surface area contributed by atoms with Gasteiger partial charge >= 0.3 is 0 Å². The fraction of sp³-hybridized carbons (Fsp3) is 0.143. The first-order valence-corrected chi connectivity index (χ1v) is 8.01. The van der Waals surface area contributed by atoms with Crippen LogP contribution in [0.4, 0.5) is 10.8 Å². The lowest BCUT2D eigenvalue weighted by Crippen LogP contribution is -2.25. The summed E-state index contributed by atoms with van der Waals surface area (Å²) >= 11 is 2.87. The van der Waals surface area contributed by atoms with Crippen LogP contribution in [-0.4, -0.2) is 29.1 Å². The van der Waals surface area contributed by atoms with Crippen molar-refractivity contribution in [1.29, 1.82) is 0 Å². The maximum atomic E-state index is 11.8. The Labute approximate surface area is 129 Å². The second-order valence-electron chi connectivity index (χ2n) is 4.27. The number of carbonyl (C=O) groups excluding carboxylic acids is 1. The lowest BCUT2D eigenvalue weighted by Gasteiger charge is -2.00. The van der Waals surface area contributed by atoms with Crippen molar-refractivity contribution in [2.24, 2.45) is 0 Å². The molecule has 0 spiro atoms. The molecule has 0 fully saturated rings. The quantitative estimate of drug-likeness (QED) is 0.676. The molecule has 0 aliphatic carbocycles. The molecule has 3 aromatic rings. The molecule has 0 aliphatic heterocycles. The Hall–Kier alpha value is -1.96. The second-order valence-corrected chi connectivity index (χ2v) is 6.33. The van der Waals surface area contributed by atoms with Crippen LogP contribution in [0.3, 0.4) is 0 Å². The topological polar surface area (TPSA) is 74.2 Å². The number of hydrogen-bond donors (Lipinski definition) is 3. The van der Waals surface area contributed by atoms with Crippen LogP contribution in [0.1, 0.15) is 9.67 Å². The molecule has 0 bridgehead atoms. The summed E-state index contributed by atoms with van der Waals surface area (Å²) in [4.78, 5) is 17.7. The van der Waals surface area contributed by atoms with E-state index in [0.717, 1.165) is 20.3 Å². The van der Waals surface area contributed by atoms with Gasteiger partial charge in [0.05, 0.1) is 16.2 Å². The summed E-state index contributed by atoms with van der Waals surface area (Å²) in [6, 6.07) is 11.7. The molecule has 2 heterocycles. The summed E-state index contributed by atoms with van der Waals surface area (Å²) in [5.41, 5.74) is 0.986. The van der Waals surface area contributed by atoms with Crippen LogP contribution in [0, 0.1) is 0 Å². The van der Waals surface area contributed by atoms with E-state index in [9.17, 15) is 4.79 Å². The molecule has 0 saturated carbocycles. The first-order chi connectivity index (χ1) is 10.3. The van der Waals surface area contributed by atoms with Crippen LogP contribution < -0.4 is 10.6 Å². The van der Waals surface area contributed by atoms with Gasteiger partial charge < -0.3 is 15.7 Å². The smallest absolute Gasteiger partial charge is 0.261 e. The normalized spacial score (nSPS) is 10.7. The zero-order chi connectivity index (χ0) is 14.7. The molecule has 7 heteroatoms. The number of nitrogens with zero attached hydrogens (tertiary/aromatic N) is 1. The number of aromatic nitrogens is 1. The first kappa shape index (κ1) is 14.0. The van der Waals surface area contributed by atoms with Crippen LogP contribution in [-0.2, 0) is 0 Å². The van der Waals surface area contributed by atoms with Gasteiger partial charge in [0, 0.05) is 12.2 Å². The van der Waals surface area contributed by atoms with Gasteiger partial charge in [0.15, 0.2) is 5.13 Å². The molecule has 108 valence electrons. The van der Waals surface area contributed by atoms with Crippen molar-refractivity contribution in [3.63, 3.8) is 0 Å². The Bertz CT molecular complexity index is 721. The molecule has 3 rings (SSSR count). The number of para-hydroxylation sites is 1. The third-order valence-corrected chi connectivity index (χ3v) is 4.81. The first-order valence-electron chi connectivity index (χ1n) is 6.38. The van der Waals surface area contributed by atoms with E-state index in [1.54, 1.807) is 0 Å². The van der Waals surface area contributed by atoms with E-state index in [-0.39, 0.29) is 19.1 Å². The van der Waals surface area contributed by atoms with E-state index < -0.39 is 0 Å². The summed E-state index contributed by atoms with van der Waals surface area (Å²) in [5.74, 6) is -0.170. The lowest BCUT2D eigenvalue weighted by molar-refractivity contribution is 0.0949. The van der Waals surface area contributed by atoms with Gasteiger partial charge in [0.1, 0.15) is 4.83 Å². The molecule has 1 aromatic carbocycles. The van der Waals surface area contributed by atoms with Gasteiger partial charge in [-0.25, -0.2) is 4.98 Å². The number of hydrogen-bond acceptors (Lipinski definition) is 6. The number of aliphatic hydroxyl groups is 1.